The van der Waals surface area contributed by atoms with Crippen LogP contribution in [0.4, 0.5) is 4.39 Å². The molecule has 1 radical (unpaired) electrons. The fraction of sp³-hybridized carbons (Fsp3) is 0.158. The summed E-state index contributed by atoms with van der Waals surface area (Å²) in [4.78, 5) is 12.7. The number of pyridine rings is 1. The zero-order valence-corrected chi connectivity index (χ0v) is 12.6. The average Bonchev–Trinajstić information content (AvgIpc) is 2.49. The van der Waals surface area contributed by atoms with E-state index in [4.69, 9.17) is 0 Å². The Balaban J connectivity index is 2.47. The van der Waals surface area contributed by atoms with Crippen molar-refractivity contribution in [3.63, 3.8) is 0 Å². The fourth-order valence-electron chi connectivity index (χ4n) is 2.90. The minimum atomic E-state index is -0.282. The van der Waals surface area contributed by atoms with Gasteiger partial charge in [0, 0.05) is 22.7 Å². The van der Waals surface area contributed by atoms with Crippen LogP contribution in [0, 0.1) is 12.7 Å². The number of hydrogen-bond acceptors (Lipinski definition) is 1. The van der Waals surface area contributed by atoms with Crippen LogP contribution < -0.4 is 5.56 Å². The van der Waals surface area contributed by atoms with E-state index in [2.05, 4.69) is 6.92 Å². The summed E-state index contributed by atoms with van der Waals surface area (Å²) in [6.07, 6.45) is 0. The van der Waals surface area contributed by atoms with Crippen LogP contribution in [0.1, 0.15) is 25.6 Å². The Bertz CT molecular complexity index is 892. The van der Waals surface area contributed by atoms with Gasteiger partial charge in [-0.1, -0.05) is 30.3 Å². The highest BCUT2D eigenvalue weighted by Gasteiger charge is 2.16. The fourth-order valence-corrected chi connectivity index (χ4v) is 2.90. The molecule has 0 atom stereocenters. The number of halogens is 1. The summed E-state index contributed by atoms with van der Waals surface area (Å²) in [6.45, 7) is 8.04. The third-order valence-corrected chi connectivity index (χ3v) is 3.87. The molecule has 0 aliphatic carbocycles. The van der Waals surface area contributed by atoms with E-state index in [9.17, 15) is 9.18 Å². The van der Waals surface area contributed by atoms with Gasteiger partial charge in [0.1, 0.15) is 5.82 Å². The first kappa shape index (κ1) is 14.5. The zero-order chi connectivity index (χ0) is 15.9. The smallest absolute Gasteiger partial charge is 0.258 e. The maximum absolute atomic E-state index is 13.2. The van der Waals surface area contributed by atoms with Crippen molar-refractivity contribution in [2.75, 3.05) is 0 Å². The zero-order valence-electron chi connectivity index (χ0n) is 12.6. The second-order valence-corrected chi connectivity index (χ2v) is 5.64. The summed E-state index contributed by atoms with van der Waals surface area (Å²) in [5.41, 5.74) is 2.35. The second-order valence-electron chi connectivity index (χ2n) is 5.64. The van der Waals surface area contributed by atoms with Gasteiger partial charge in [-0.15, -0.1) is 0 Å². The standard InChI is InChI=1S/C19H17FNO/c1-12(2)21-13(3)18(14-8-10-15(20)11-9-14)16-6-4-5-7-17(16)19(21)22/h4-12H,3H2,1-2H3. The third-order valence-electron chi connectivity index (χ3n) is 3.87. The molecule has 22 heavy (non-hydrogen) atoms. The third kappa shape index (κ3) is 2.23. The van der Waals surface area contributed by atoms with Crippen LogP contribution in [0.3, 0.4) is 0 Å². The van der Waals surface area contributed by atoms with Crippen LogP contribution in [0.15, 0.2) is 53.3 Å². The number of hydrogen-bond donors (Lipinski definition) is 0. The monoisotopic (exact) mass is 294 g/mol. The Kier molecular flexibility index (Phi) is 3.57. The van der Waals surface area contributed by atoms with Gasteiger partial charge in [-0.05, 0) is 49.9 Å². The van der Waals surface area contributed by atoms with Gasteiger partial charge in [-0.2, -0.15) is 0 Å². The molecule has 0 saturated carbocycles. The maximum atomic E-state index is 13.2. The first-order valence-electron chi connectivity index (χ1n) is 7.26. The minimum Gasteiger partial charge on any atom is -0.309 e. The summed E-state index contributed by atoms with van der Waals surface area (Å²) in [6, 6.07) is 13.8. The Morgan fingerprint density at radius 1 is 1.00 bits per heavy atom. The van der Waals surface area contributed by atoms with Gasteiger partial charge < -0.3 is 4.57 Å². The molecule has 0 aliphatic heterocycles. The Morgan fingerprint density at radius 3 is 2.18 bits per heavy atom. The lowest BCUT2D eigenvalue weighted by Crippen LogP contribution is -2.25. The molecule has 0 unspecified atom stereocenters. The van der Waals surface area contributed by atoms with Crippen molar-refractivity contribution < 1.29 is 4.39 Å². The molecule has 0 amide bonds. The van der Waals surface area contributed by atoms with E-state index >= 15 is 0 Å². The maximum Gasteiger partial charge on any atom is 0.258 e. The van der Waals surface area contributed by atoms with Crippen LogP contribution in [0.5, 0.6) is 0 Å². The van der Waals surface area contributed by atoms with Crippen molar-refractivity contribution >= 4 is 10.8 Å². The van der Waals surface area contributed by atoms with Gasteiger partial charge in [0.15, 0.2) is 0 Å². The number of nitrogens with zero attached hydrogens (tertiary/aromatic N) is 1. The van der Waals surface area contributed by atoms with Crippen LogP contribution in [0.25, 0.3) is 21.9 Å². The molecule has 0 saturated heterocycles. The van der Waals surface area contributed by atoms with Gasteiger partial charge in [0.05, 0.1) is 0 Å². The lowest BCUT2D eigenvalue weighted by atomic mass is 9.97. The predicted octanol–water partition coefficient (Wildman–Crippen LogP) is 4.57. The lowest BCUT2D eigenvalue weighted by Gasteiger charge is -2.20. The molecule has 1 heterocycles. The highest BCUT2D eigenvalue weighted by molar-refractivity contribution is 5.97. The molecular weight excluding hydrogens is 277 g/mol. The molecule has 3 heteroatoms. The number of aromatic nitrogens is 1. The van der Waals surface area contributed by atoms with E-state index in [1.807, 2.05) is 38.1 Å². The molecule has 0 bridgehead atoms. The summed E-state index contributed by atoms with van der Waals surface area (Å²) in [7, 11) is 0. The van der Waals surface area contributed by atoms with Gasteiger partial charge in [0.25, 0.3) is 5.56 Å². The van der Waals surface area contributed by atoms with Crippen molar-refractivity contribution in [2.24, 2.45) is 0 Å². The molecule has 3 rings (SSSR count). The SMILES string of the molecule is [CH2]c1c(-c2ccc(F)cc2)c2ccccc2c(=O)n1C(C)C. The molecular formula is C19H17FNO. The van der Waals surface area contributed by atoms with Crippen molar-refractivity contribution in [3.8, 4) is 11.1 Å². The van der Waals surface area contributed by atoms with Crippen LogP contribution >= 0.6 is 0 Å². The number of fused-ring (bicyclic) bond motifs is 1. The van der Waals surface area contributed by atoms with E-state index in [1.165, 1.54) is 12.1 Å². The normalized spacial score (nSPS) is 11.3. The van der Waals surface area contributed by atoms with E-state index < -0.39 is 0 Å². The number of benzene rings is 2. The molecule has 0 N–H and O–H groups in total. The van der Waals surface area contributed by atoms with E-state index in [0.717, 1.165) is 16.5 Å². The first-order chi connectivity index (χ1) is 10.5. The summed E-state index contributed by atoms with van der Waals surface area (Å²) < 4.78 is 14.9. The summed E-state index contributed by atoms with van der Waals surface area (Å²) >= 11 is 0. The van der Waals surface area contributed by atoms with Gasteiger partial charge in [-0.25, -0.2) is 4.39 Å². The first-order valence-corrected chi connectivity index (χ1v) is 7.26. The summed E-state index contributed by atoms with van der Waals surface area (Å²) in [5, 5.41) is 1.50. The van der Waals surface area contributed by atoms with E-state index in [1.54, 1.807) is 16.7 Å². The highest BCUT2D eigenvalue weighted by atomic mass is 19.1. The van der Waals surface area contributed by atoms with Crippen LogP contribution in [-0.4, -0.2) is 4.57 Å². The Morgan fingerprint density at radius 2 is 1.59 bits per heavy atom. The summed E-state index contributed by atoms with van der Waals surface area (Å²) in [5.74, 6) is -0.282. The molecule has 3 aromatic rings. The minimum absolute atomic E-state index is 0.00352. The largest absolute Gasteiger partial charge is 0.309 e. The lowest BCUT2D eigenvalue weighted by molar-refractivity contribution is 0.575. The van der Waals surface area contributed by atoms with Crippen molar-refractivity contribution in [3.05, 3.63) is 77.3 Å². The molecule has 0 fully saturated rings. The average molecular weight is 294 g/mol. The number of rotatable bonds is 2. The molecule has 2 nitrogen and oxygen atoms in total. The highest BCUT2D eigenvalue weighted by Crippen LogP contribution is 2.31. The Hall–Kier alpha value is -2.42. The van der Waals surface area contributed by atoms with Crippen molar-refractivity contribution in [2.45, 2.75) is 19.9 Å². The molecule has 111 valence electrons. The Labute approximate surface area is 128 Å². The van der Waals surface area contributed by atoms with E-state index in [0.29, 0.717) is 11.1 Å². The van der Waals surface area contributed by atoms with Gasteiger partial charge in [0.2, 0.25) is 0 Å². The van der Waals surface area contributed by atoms with Gasteiger partial charge >= 0.3 is 0 Å². The molecule has 1 aromatic heterocycles. The molecule has 0 spiro atoms. The topological polar surface area (TPSA) is 22.0 Å². The molecule has 2 aromatic carbocycles. The van der Waals surface area contributed by atoms with Crippen molar-refractivity contribution in [1.29, 1.82) is 0 Å². The predicted molar refractivity (Wildman–Crippen MR) is 88.4 cm³/mol. The quantitative estimate of drug-likeness (QED) is 0.678. The second kappa shape index (κ2) is 5.41. The molecule has 0 aliphatic rings. The van der Waals surface area contributed by atoms with E-state index in [-0.39, 0.29) is 17.4 Å². The van der Waals surface area contributed by atoms with Crippen molar-refractivity contribution in [1.82, 2.24) is 4.57 Å². The van der Waals surface area contributed by atoms with Crippen LogP contribution in [0.2, 0.25) is 0 Å². The van der Waals surface area contributed by atoms with Crippen LogP contribution in [-0.2, 0) is 0 Å². The van der Waals surface area contributed by atoms with Gasteiger partial charge in [-0.3, -0.25) is 4.79 Å².